The summed E-state index contributed by atoms with van der Waals surface area (Å²) in [4.78, 5) is 0. The van der Waals surface area contributed by atoms with Crippen molar-refractivity contribution >= 4 is 24.3 Å². The summed E-state index contributed by atoms with van der Waals surface area (Å²) >= 11 is 0. The van der Waals surface area contributed by atoms with Crippen LogP contribution in [0.3, 0.4) is 0 Å². The van der Waals surface area contributed by atoms with Gasteiger partial charge in [-0.2, -0.15) is 5.10 Å². The van der Waals surface area contributed by atoms with Crippen molar-refractivity contribution in [3.05, 3.63) is 119 Å². The van der Waals surface area contributed by atoms with E-state index in [4.69, 9.17) is 5.10 Å². The average Bonchev–Trinajstić information content (AvgIpc) is 3.17. The summed E-state index contributed by atoms with van der Waals surface area (Å²) < 4.78 is 15.1. The number of hydrogen-bond donors (Lipinski definition) is 0. The normalized spacial score (nSPS) is 11.5. The molecule has 2 nitrogen and oxygen atoms in total. The third-order valence-electron chi connectivity index (χ3n) is 4.60. The van der Waals surface area contributed by atoms with E-state index < -0.39 is 0 Å². The van der Waals surface area contributed by atoms with Crippen LogP contribution >= 0.6 is 0 Å². The van der Waals surface area contributed by atoms with Crippen LogP contribution in [0.5, 0.6) is 0 Å². The molecular formula is C26H21FN2. The Bertz CT molecular complexity index is 1140. The monoisotopic (exact) mass is 380 g/mol. The molecule has 0 saturated carbocycles. The smallest absolute Gasteiger partial charge is 0.123 e. The highest BCUT2D eigenvalue weighted by atomic mass is 19.1. The van der Waals surface area contributed by atoms with Crippen LogP contribution in [0.25, 0.3) is 30.0 Å². The Labute approximate surface area is 170 Å². The molecule has 29 heavy (non-hydrogen) atoms. The minimum absolute atomic E-state index is 0.236. The quantitative estimate of drug-likeness (QED) is 0.378. The first-order valence-electron chi connectivity index (χ1n) is 9.51. The van der Waals surface area contributed by atoms with Gasteiger partial charge in [0.25, 0.3) is 0 Å². The second-order valence-electron chi connectivity index (χ2n) is 6.87. The van der Waals surface area contributed by atoms with Crippen molar-refractivity contribution in [3.8, 4) is 5.69 Å². The van der Waals surface area contributed by atoms with E-state index in [1.54, 1.807) is 12.1 Å². The van der Waals surface area contributed by atoms with Crippen molar-refractivity contribution in [3.63, 3.8) is 0 Å². The predicted molar refractivity (Wildman–Crippen MR) is 119 cm³/mol. The van der Waals surface area contributed by atoms with Crippen LogP contribution in [0.4, 0.5) is 4.39 Å². The summed E-state index contributed by atoms with van der Waals surface area (Å²) in [5, 5.41) is 4.76. The minimum atomic E-state index is -0.236. The third-order valence-corrected chi connectivity index (χ3v) is 4.60. The zero-order valence-corrected chi connectivity index (χ0v) is 16.2. The Balaban J connectivity index is 1.67. The summed E-state index contributed by atoms with van der Waals surface area (Å²) in [6, 6.07) is 26.9. The van der Waals surface area contributed by atoms with Crippen molar-refractivity contribution < 1.29 is 4.39 Å². The van der Waals surface area contributed by atoms with Crippen molar-refractivity contribution in [2.24, 2.45) is 0 Å². The molecule has 1 heterocycles. The number of para-hydroxylation sites is 1. The first-order valence-corrected chi connectivity index (χ1v) is 9.51. The van der Waals surface area contributed by atoms with E-state index in [9.17, 15) is 4.39 Å². The number of hydrogen-bond acceptors (Lipinski definition) is 1. The Morgan fingerprint density at radius 3 is 2.03 bits per heavy atom. The maximum Gasteiger partial charge on any atom is 0.123 e. The number of benzene rings is 3. The van der Waals surface area contributed by atoms with E-state index >= 15 is 0 Å². The van der Waals surface area contributed by atoms with Gasteiger partial charge >= 0.3 is 0 Å². The lowest BCUT2D eigenvalue weighted by Crippen LogP contribution is -1.98. The molecule has 0 radical (unpaired) electrons. The van der Waals surface area contributed by atoms with Gasteiger partial charge in [-0.05, 0) is 60.5 Å². The van der Waals surface area contributed by atoms with Crippen molar-refractivity contribution in [1.82, 2.24) is 9.78 Å². The summed E-state index contributed by atoms with van der Waals surface area (Å²) in [5.41, 5.74) is 6.11. The zero-order valence-electron chi connectivity index (χ0n) is 16.2. The fourth-order valence-corrected chi connectivity index (χ4v) is 3.01. The molecule has 0 aliphatic carbocycles. The number of nitrogens with zero attached hydrogens (tertiary/aromatic N) is 2. The summed E-state index contributed by atoms with van der Waals surface area (Å²) in [6.07, 6.45) is 8.03. The van der Waals surface area contributed by atoms with Crippen LogP contribution in [0.15, 0.2) is 84.9 Å². The van der Waals surface area contributed by atoms with E-state index in [-0.39, 0.29) is 5.82 Å². The molecule has 3 heteroatoms. The summed E-state index contributed by atoms with van der Waals surface area (Å²) in [6.45, 7) is 2.08. The van der Waals surface area contributed by atoms with Crippen LogP contribution < -0.4 is 0 Å². The molecule has 0 spiro atoms. The van der Waals surface area contributed by atoms with Crippen molar-refractivity contribution in [1.29, 1.82) is 0 Å². The Morgan fingerprint density at radius 1 is 0.724 bits per heavy atom. The standard InChI is InChI=1S/C26H21FN2/c1-20-7-9-21(10-8-20)13-17-24-19-26(18-14-22-11-15-23(27)16-12-22)29(28-24)25-5-3-2-4-6-25/h2-19H,1H3/b17-13+,18-14+. The maximum atomic E-state index is 13.1. The molecule has 0 unspecified atom stereocenters. The van der Waals surface area contributed by atoms with Gasteiger partial charge in [0.05, 0.1) is 17.1 Å². The molecule has 0 aliphatic rings. The van der Waals surface area contributed by atoms with Gasteiger partial charge in [-0.3, -0.25) is 0 Å². The van der Waals surface area contributed by atoms with Gasteiger partial charge in [-0.1, -0.05) is 72.3 Å². The largest absolute Gasteiger partial charge is 0.233 e. The molecule has 0 fully saturated rings. The Morgan fingerprint density at radius 2 is 1.34 bits per heavy atom. The van der Waals surface area contributed by atoms with Gasteiger partial charge in [-0.15, -0.1) is 0 Å². The highest BCUT2D eigenvalue weighted by Crippen LogP contribution is 2.18. The highest BCUT2D eigenvalue weighted by Gasteiger charge is 2.06. The predicted octanol–water partition coefficient (Wildman–Crippen LogP) is 6.66. The fraction of sp³-hybridized carbons (Fsp3) is 0.0385. The zero-order chi connectivity index (χ0) is 20.1. The van der Waals surface area contributed by atoms with Crippen LogP contribution in [0.1, 0.15) is 28.1 Å². The first kappa shape index (κ1) is 18.6. The maximum absolute atomic E-state index is 13.1. The molecular weight excluding hydrogens is 359 g/mol. The molecule has 0 N–H and O–H groups in total. The summed E-state index contributed by atoms with van der Waals surface area (Å²) in [7, 11) is 0. The van der Waals surface area contributed by atoms with Gasteiger partial charge in [-0.25, -0.2) is 9.07 Å². The second-order valence-corrected chi connectivity index (χ2v) is 6.87. The average molecular weight is 380 g/mol. The minimum Gasteiger partial charge on any atom is -0.233 e. The molecule has 0 amide bonds. The van der Waals surface area contributed by atoms with E-state index in [0.29, 0.717) is 0 Å². The molecule has 0 bridgehead atoms. The van der Waals surface area contributed by atoms with Crippen LogP contribution in [-0.4, -0.2) is 9.78 Å². The SMILES string of the molecule is Cc1ccc(/C=C/c2cc(/C=C/c3ccc(F)cc3)n(-c3ccccc3)n2)cc1. The molecule has 0 saturated heterocycles. The number of rotatable bonds is 5. The lowest BCUT2D eigenvalue weighted by molar-refractivity contribution is 0.628. The highest BCUT2D eigenvalue weighted by molar-refractivity contribution is 5.73. The first-order chi connectivity index (χ1) is 14.2. The number of aromatic nitrogens is 2. The number of aryl methyl sites for hydroxylation is 1. The third kappa shape index (κ3) is 4.77. The summed E-state index contributed by atoms with van der Waals surface area (Å²) in [5.74, 6) is -0.236. The van der Waals surface area contributed by atoms with Gasteiger partial charge in [0.2, 0.25) is 0 Å². The van der Waals surface area contributed by atoms with Gasteiger partial charge in [0, 0.05) is 0 Å². The van der Waals surface area contributed by atoms with Gasteiger partial charge in [0.1, 0.15) is 5.82 Å². The van der Waals surface area contributed by atoms with E-state index in [2.05, 4.69) is 37.3 Å². The molecule has 142 valence electrons. The van der Waals surface area contributed by atoms with Crippen LogP contribution in [-0.2, 0) is 0 Å². The van der Waals surface area contributed by atoms with Crippen LogP contribution in [0, 0.1) is 12.7 Å². The van der Waals surface area contributed by atoms with E-state index in [1.165, 1.54) is 17.7 Å². The van der Waals surface area contributed by atoms with Gasteiger partial charge < -0.3 is 0 Å². The Hall–Kier alpha value is -3.72. The second kappa shape index (κ2) is 8.53. The Kier molecular flexibility index (Phi) is 5.48. The lowest BCUT2D eigenvalue weighted by atomic mass is 10.1. The lowest BCUT2D eigenvalue weighted by Gasteiger charge is -2.03. The number of halogens is 1. The molecule has 1 aromatic heterocycles. The molecule has 0 aliphatic heterocycles. The molecule has 4 aromatic rings. The van der Waals surface area contributed by atoms with Gasteiger partial charge in [0.15, 0.2) is 0 Å². The van der Waals surface area contributed by atoms with Crippen LogP contribution in [0.2, 0.25) is 0 Å². The molecule has 3 aromatic carbocycles. The topological polar surface area (TPSA) is 17.8 Å². The van der Waals surface area contributed by atoms with Crippen molar-refractivity contribution in [2.75, 3.05) is 0 Å². The molecule has 4 rings (SSSR count). The fourth-order valence-electron chi connectivity index (χ4n) is 3.01. The van der Waals surface area contributed by atoms with Crippen molar-refractivity contribution in [2.45, 2.75) is 6.92 Å². The molecule has 0 atom stereocenters. The van der Waals surface area contributed by atoms with E-state index in [0.717, 1.165) is 28.2 Å². The van der Waals surface area contributed by atoms with E-state index in [1.807, 2.05) is 59.3 Å².